The van der Waals surface area contributed by atoms with E-state index in [1.165, 1.54) is 24.3 Å². The molecule has 0 aliphatic carbocycles. The molecule has 0 heterocycles. The fraction of sp³-hybridized carbons (Fsp3) is 0.208. The van der Waals surface area contributed by atoms with Crippen molar-refractivity contribution in [2.24, 2.45) is 0 Å². The van der Waals surface area contributed by atoms with Crippen LogP contribution in [0.1, 0.15) is 23.6 Å². The first-order valence-corrected chi connectivity index (χ1v) is 11.7. The van der Waals surface area contributed by atoms with Gasteiger partial charge in [-0.3, -0.25) is 4.79 Å². The van der Waals surface area contributed by atoms with Crippen LogP contribution < -0.4 is 9.04 Å². The Morgan fingerprint density at radius 2 is 1.68 bits per heavy atom. The monoisotopic (exact) mass is 457 g/mol. The van der Waals surface area contributed by atoms with Gasteiger partial charge >= 0.3 is 0 Å². The van der Waals surface area contributed by atoms with Crippen LogP contribution in [0.15, 0.2) is 71.6 Å². The summed E-state index contributed by atoms with van der Waals surface area (Å²) in [6, 6.07) is 18.4. The summed E-state index contributed by atoms with van der Waals surface area (Å²) in [5, 5.41) is 0.406. The van der Waals surface area contributed by atoms with E-state index >= 15 is 0 Å². The lowest BCUT2D eigenvalue weighted by molar-refractivity contribution is -0.119. The van der Waals surface area contributed by atoms with E-state index in [-0.39, 0.29) is 4.90 Å². The van der Waals surface area contributed by atoms with E-state index in [2.05, 4.69) is 0 Å². The Kier molecular flexibility index (Phi) is 7.03. The van der Waals surface area contributed by atoms with E-state index in [0.29, 0.717) is 22.0 Å². The number of benzene rings is 3. The van der Waals surface area contributed by atoms with Crippen molar-refractivity contribution in [3.05, 3.63) is 88.4 Å². The first-order chi connectivity index (χ1) is 14.7. The minimum absolute atomic E-state index is 0.0277. The average Bonchev–Trinajstić information content (AvgIpc) is 2.75. The average molecular weight is 458 g/mol. The van der Waals surface area contributed by atoms with Crippen molar-refractivity contribution in [2.45, 2.75) is 32.1 Å². The highest BCUT2D eigenvalue weighted by Crippen LogP contribution is 2.29. The van der Waals surface area contributed by atoms with Gasteiger partial charge in [0.05, 0.1) is 10.6 Å². The molecule has 0 spiro atoms. The largest absolute Gasteiger partial charge is 0.483 e. The molecule has 31 heavy (non-hydrogen) atoms. The molecule has 1 amide bonds. The lowest BCUT2D eigenvalue weighted by Gasteiger charge is -2.25. The van der Waals surface area contributed by atoms with Crippen molar-refractivity contribution in [3.8, 4) is 5.75 Å². The molecule has 0 atom stereocenters. The van der Waals surface area contributed by atoms with E-state index in [1.54, 1.807) is 25.1 Å². The van der Waals surface area contributed by atoms with Crippen LogP contribution in [0.4, 0.5) is 5.69 Å². The summed E-state index contributed by atoms with van der Waals surface area (Å²) in [5.74, 6) is -0.127. The van der Waals surface area contributed by atoms with Crippen LogP contribution in [0, 0.1) is 13.8 Å². The predicted octanol–water partition coefficient (Wildman–Crippen LogP) is 5.32. The van der Waals surface area contributed by atoms with Gasteiger partial charge in [0.25, 0.3) is 15.9 Å². The first-order valence-electron chi connectivity index (χ1n) is 9.85. The SMILES string of the molecule is CCc1ccccc1OCC(=O)N(c1cc(C)ccc1C)S(=O)(=O)c1ccc(Cl)cc1. The third kappa shape index (κ3) is 5.09. The minimum Gasteiger partial charge on any atom is -0.483 e. The number of aryl methyl sites for hydroxylation is 3. The van der Waals surface area contributed by atoms with Crippen LogP contribution in [-0.4, -0.2) is 20.9 Å². The maximum atomic E-state index is 13.5. The Hall–Kier alpha value is -2.83. The molecule has 0 aliphatic heterocycles. The van der Waals surface area contributed by atoms with Crippen molar-refractivity contribution in [1.82, 2.24) is 0 Å². The van der Waals surface area contributed by atoms with Crippen LogP contribution in [0.2, 0.25) is 5.02 Å². The number of anilines is 1. The van der Waals surface area contributed by atoms with Gasteiger partial charge in [0.2, 0.25) is 0 Å². The van der Waals surface area contributed by atoms with E-state index < -0.39 is 22.5 Å². The number of ether oxygens (including phenoxy) is 1. The fourth-order valence-corrected chi connectivity index (χ4v) is 4.78. The molecule has 0 unspecified atom stereocenters. The molecule has 0 aromatic heterocycles. The predicted molar refractivity (Wildman–Crippen MR) is 123 cm³/mol. The third-order valence-corrected chi connectivity index (χ3v) is 6.87. The fourth-order valence-electron chi connectivity index (χ4n) is 3.18. The number of para-hydroxylation sites is 1. The molecule has 0 aliphatic rings. The molecule has 5 nitrogen and oxygen atoms in total. The number of halogens is 1. The number of carbonyl (C=O) groups excluding carboxylic acids is 1. The summed E-state index contributed by atoms with van der Waals surface area (Å²) in [6.45, 7) is 5.17. The molecular formula is C24H24ClNO4S. The van der Waals surface area contributed by atoms with Gasteiger partial charge in [-0.15, -0.1) is 0 Å². The summed E-state index contributed by atoms with van der Waals surface area (Å²) >= 11 is 5.92. The van der Waals surface area contributed by atoms with Crippen LogP contribution >= 0.6 is 11.6 Å². The second kappa shape index (κ2) is 9.54. The second-order valence-corrected chi connectivity index (χ2v) is 9.38. The third-order valence-electron chi connectivity index (χ3n) is 4.87. The van der Waals surface area contributed by atoms with Crippen LogP contribution in [0.5, 0.6) is 5.75 Å². The molecule has 7 heteroatoms. The molecule has 0 bridgehead atoms. The first kappa shape index (κ1) is 22.8. The van der Waals surface area contributed by atoms with Crippen LogP contribution in [-0.2, 0) is 21.2 Å². The van der Waals surface area contributed by atoms with Gasteiger partial charge in [-0.2, -0.15) is 4.31 Å². The van der Waals surface area contributed by atoms with Gasteiger partial charge < -0.3 is 4.74 Å². The normalized spacial score (nSPS) is 11.2. The Balaban J connectivity index is 2.02. The Morgan fingerprint density at radius 3 is 2.35 bits per heavy atom. The molecule has 0 fully saturated rings. The van der Waals surface area contributed by atoms with E-state index in [4.69, 9.17) is 16.3 Å². The molecule has 0 saturated carbocycles. The van der Waals surface area contributed by atoms with Gasteiger partial charge in [0, 0.05) is 5.02 Å². The van der Waals surface area contributed by atoms with Crippen LogP contribution in [0.25, 0.3) is 0 Å². The van der Waals surface area contributed by atoms with Gasteiger partial charge in [-0.05, 0) is 73.4 Å². The smallest absolute Gasteiger partial charge is 0.278 e. The molecule has 3 aromatic carbocycles. The zero-order valence-electron chi connectivity index (χ0n) is 17.6. The quantitative estimate of drug-likeness (QED) is 0.481. The number of sulfonamides is 1. The summed E-state index contributed by atoms with van der Waals surface area (Å²) in [6.07, 6.45) is 0.730. The maximum Gasteiger partial charge on any atom is 0.278 e. The molecule has 3 rings (SSSR count). The minimum atomic E-state index is -4.18. The highest BCUT2D eigenvalue weighted by molar-refractivity contribution is 7.93. The summed E-state index contributed by atoms with van der Waals surface area (Å²) < 4.78 is 33.5. The highest BCUT2D eigenvalue weighted by atomic mass is 35.5. The molecule has 0 saturated heterocycles. The van der Waals surface area contributed by atoms with Crippen molar-refractivity contribution in [2.75, 3.05) is 10.9 Å². The summed E-state index contributed by atoms with van der Waals surface area (Å²) in [7, 11) is -4.18. The van der Waals surface area contributed by atoms with Crippen molar-refractivity contribution >= 4 is 33.2 Å². The molecule has 3 aromatic rings. The molecule has 162 valence electrons. The number of hydrogen-bond acceptors (Lipinski definition) is 4. The van der Waals surface area contributed by atoms with Crippen molar-refractivity contribution in [1.29, 1.82) is 0 Å². The number of nitrogens with zero attached hydrogens (tertiary/aromatic N) is 1. The standard InChI is InChI=1S/C24H24ClNO4S/c1-4-19-7-5-6-8-23(19)30-16-24(27)26(22-15-17(2)9-10-18(22)3)31(28,29)21-13-11-20(25)12-14-21/h5-15H,4,16H2,1-3H3. The van der Waals surface area contributed by atoms with Crippen molar-refractivity contribution < 1.29 is 17.9 Å². The van der Waals surface area contributed by atoms with Gasteiger partial charge in [-0.25, -0.2) is 8.42 Å². The number of rotatable bonds is 7. The lowest BCUT2D eigenvalue weighted by Crippen LogP contribution is -2.40. The zero-order valence-corrected chi connectivity index (χ0v) is 19.2. The molecule has 0 N–H and O–H groups in total. The van der Waals surface area contributed by atoms with Gasteiger partial charge in [0.1, 0.15) is 5.75 Å². The Bertz CT molecular complexity index is 1190. The summed E-state index contributed by atoms with van der Waals surface area (Å²) in [5.41, 5.74) is 2.73. The molecule has 0 radical (unpaired) electrons. The van der Waals surface area contributed by atoms with E-state index in [9.17, 15) is 13.2 Å². The maximum absolute atomic E-state index is 13.5. The van der Waals surface area contributed by atoms with E-state index in [1.807, 2.05) is 38.1 Å². The Labute approximate surface area is 188 Å². The number of carbonyl (C=O) groups is 1. The highest BCUT2D eigenvalue weighted by Gasteiger charge is 2.32. The van der Waals surface area contributed by atoms with Gasteiger partial charge in [0.15, 0.2) is 6.61 Å². The molecular weight excluding hydrogens is 434 g/mol. The topological polar surface area (TPSA) is 63.7 Å². The Morgan fingerprint density at radius 1 is 1.00 bits per heavy atom. The van der Waals surface area contributed by atoms with E-state index in [0.717, 1.165) is 21.9 Å². The lowest BCUT2D eigenvalue weighted by atomic mass is 10.1. The van der Waals surface area contributed by atoms with Crippen LogP contribution in [0.3, 0.4) is 0 Å². The van der Waals surface area contributed by atoms with Gasteiger partial charge in [-0.1, -0.05) is 48.9 Å². The second-order valence-electron chi connectivity index (χ2n) is 7.16. The summed E-state index contributed by atoms with van der Waals surface area (Å²) in [4.78, 5) is 13.2. The number of hydrogen-bond donors (Lipinski definition) is 0. The number of amides is 1. The zero-order chi connectivity index (χ0) is 22.6. The van der Waals surface area contributed by atoms with Crippen molar-refractivity contribution in [3.63, 3.8) is 0 Å².